The number of nitrogens with zero attached hydrogens (tertiary/aromatic N) is 1. The SMILES string of the molecule is O=C(O)C1CCC1NCCc1ccncc1. The third kappa shape index (κ3) is 2.58. The predicted octanol–water partition coefficient (Wildman–Crippen LogP) is 1.08. The van der Waals surface area contributed by atoms with Gasteiger partial charge in [0, 0.05) is 18.4 Å². The summed E-state index contributed by atoms with van der Waals surface area (Å²) < 4.78 is 0. The normalized spacial score (nSPS) is 23.8. The molecule has 2 rings (SSSR count). The van der Waals surface area contributed by atoms with Crippen molar-refractivity contribution >= 4 is 5.97 Å². The number of aromatic nitrogens is 1. The third-order valence-electron chi connectivity index (χ3n) is 3.16. The summed E-state index contributed by atoms with van der Waals surface area (Å²) in [6.45, 7) is 0.832. The number of rotatable bonds is 5. The van der Waals surface area contributed by atoms with Crippen molar-refractivity contribution in [2.45, 2.75) is 25.3 Å². The second-order valence-electron chi connectivity index (χ2n) is 4.19. The van der Waals surface area contributed by atoms with E-state index in [4.69, 9.17) is 5.11 Å². The van der Waals surface area contributed by atoms with Crippen LogP contribution in [0.5, 0.6) is 0 Å². The first-order valence-corrected chi connectivity index (χ1v) is 5.62. The molecule has 1 fully saturated rings. The van der Waals surface area contributed by atoms with Crippen molar-refractivity contribution in [3.63, 3.8) is 0 Å². The van der Waals surface area contributed by atoms with Crippen molar-refractivity contribution in [2.75, 3.05) is 6.54 Å². The standard InChI is InChI=1S/C12H16N2O2/c15-12(16)10-1-2-11(10)14-8-5-9-3-6-13-7-4-9/h3-4,6-7,10-11,14H,1-2,5,8H2,(H,15,16). The topological polar surface area (TPSA) is 62.2 Å². The van der Waals surface area contributed by atoms with Gasteiger partial charge in [-0.15, -0.1) is 0 Å². The van der Waals surface area contributed by atoms with Gasteiger partial charge in [-0.3, -0.25) is 9.78 Å². The third-order valence-corrected chi connectivity index (χ3v) is 3.16. The average molecular weight is 220 g/mol. The fourth-order valence-corrected chi connectivity index (χ4v) is 1.99. The lowest BCUT2D eigenvalue weighted by Gasteiger charge is -2.34. The van der Waals surface area contributed by atoms with Gasteiger partial charge in [-0.2, -0.15) is 0 Å². The largest absolute Gasteiger partial charge is 0.481 e. The van der Waals surface area contributed by atoms with Crippen LogP contribution in [0, 0.1) is 5.92 Å². The van der Waals surface area contributed by atoms with Crippen LogP contribution in [-0.4, -0.2) is 28.6 Å². The monoisotopic (exact) mass is 220 g/mol. The molecule has 86 valence electrons. The van der Waals surface area contributed by atoms with E-state index in [1.54, 1.807) is 12.4 Å². The van der Waals surface area contributed by atoms with E-state index in [1.165, 1.54) is 5.56 Å². The Morgan fingerprint density at radius 1 is 1.44 bits per heavy atom. The molecule has 0 radical (unpaired) electrons. The number of hydrogen-bond acceptors (Lipinski definition) is 3. The maximum Gasteiger partial charge on any atom is 0.308 e. The van der Waals surface area contributed by atoms with E-state index in [1.807, 2.05) is 12.1 Å². The maximum absolute atomic E-state index is 10.8. The molecule has 0 saturated heterocycles. The van der Waals surface area contributed by atoms with Crippen LogP contribution in [0.3, 0.4) is 0 Å². The number of carbonyl (C=O) groups is 1. The second kappa shape index (κ2) is 5.07. The van der Waals surface area contributed by atoms with E-state index in [2.05, 4.69) is 10.3 Å². The van der Waals surface area contributed by atoms with Gasteiger partial charge in [-0.05, 0) is 43.5 Å². The van der Waals surface area contributed by atoms with Gasteiger partial charge in [-0.1, -0.05) is 0 Å². The molecule has 1 heterocycles. The second-order valence-corrected chi connectivity index (χ2v) is 4.19. The van der Waals surface area contributed by atoms with Crippen LogP contribution in [0.2, 0.25) is 0 Å². The Balaban J connectivity index is 1.71. The van der Waals surface area contributed by atoms with Crippen molar-refractivity contribution in [1.82, 2.24) is 10.3 Å². The molecule has 0 bridgehead atoms. The van der Waals surface area contributed by atoms with Gasteiger partial charge in [0.2, 0.25) is 0 Å². The van der Waals surface area contributed by atoms with Crippen LogP contribution >= 0.6 is 0 Å². The zero-order valence-electron chi connectivity index (χ0n) is 9.10. The summed E-state index contributed by atoms with van der Waals surface area (Å²) in [5.74, 6) is -0.856. The smallest absolute Gasteiger partial charge is 0.308 e. The Bertz CT molecular complexity index is 353. The number of hydrogen-bond donors (Lipinski definition) is 2. The molecule has 2 N–H and O–H groups in total. The molecule has 1 saturated carbocycles. The summed E-state index contributed by atoms with van der Waals surface area (Å²) in [5, 5.41) is 12.2. The molecule has 4 heteroatoms. The van der Waals surface area contributed by atoms with Crippen LogP contribution in [0.15, 0.2) is 24.5 Å². The Labute approximate surface area is 94.7 Å². The summed E-state index contributed by atoms with van der Waals surface area (Å²) in [6, 6.07) is 4.13. The van der Waals surface area contributed by atoms with Crippen LogP contribution in [0.25, 0.3) is 0 Å². The Morgan fingerprint density at radius 2 is 2.19 bits per heavy atom. The van der Waals surface area contributed by atoms with Crippen molar-refractivity contribution < 1.29 is 9.90 Å². The molecule has 2 atom stereocenters. The minimum atomic E-state index is -0.673. The molecular formula is C12H16N2O2. The highest BCUT2D eigenvalue weighted by atomic mass is 16.4. The highest BCUT2D eigenvalue weighted by Crippen LogP contribution is 2.27. The maximum atomic E-state index is 10.8. The summed E-state index contributed by atoms with van der Waals surface area (Å²) in [6.07, 6.45) is 6.26. The minimum Gasteiger partial charge on any atom is -0.481 e. The molecule has 0 spiro atoms. The zero-order chi connectivity index (χ0) is 11.4. The number of pyridine rings is 1. The van der Waals surface area contributed by atoms with Gasteiger partial charge in [0.05, 0.1) is 5.92 Å². The quantitative estimate of drug-likeness (QED) is 0.779. The van der Waals surface area contributed by atoms with E-state index >= 15 is 0 Å². The first kappa shape index (κ1) is 11.1. The lowest BCUT2D eigenvalue weighted by Crippen LogP contribution is -2.48. The molecule has 0 aliphatic heterocycles. The Kier molecular flexibility index (Phi) is 3.51. The molecule has 4 nitrogen and oxygen atoms in total. The molecule has 1 aromatic rings. The van der Waals surface area contributed by atoms with Crippen molar-refractivity contribution in [1.29, 1.82) is 0 Å². The minimum absolute atomic E-state index is 0.166. The van der Waals surface area contributed by atoms with Crippen molar-refractivity contribution in [3.8, 4) is 0 Å². The fourth-order valence-electron chi connectivity index (χ4n) is 1.99. The number of carboxylic acids is 1. The molecule has 1 aliphatic rings. The fraction of sp³-hybridized carbons (Fsp3) is 0.500. The highest BCUT2D eigenvalue weighted by Gasteiger charge is 2.35. The van der Waals surface area contributed by atoms with Crippen LogP contribution in [-0.2, 0) is 11.2 Å². The summed E-state index contributed by atoms with van der Waals surface area (Å²) in [7, 11) is 0. The molecule has 1 aliphatic carbocycles. The average Bonchev–Trinajstić information content (AvgIpc) is 2.23. The van der Waals surface area contributed by atoms with Gasteiger partial charge in [0.15, 0.2) is 0 Å². The number of carboxylic acid groups (broad SMARTS) is 1. The zero-order valence-corrected chi connectivity index (χ0v) is 9.10. The van der Waals surface area contributed by atoms with Gasteiger partial charge in [0.25, 0.3) is 0 Å². The molecule has 0 aromatic carbocycles. The van der Waals surface area contributed by atoms with Crippen LogP contribution < -0.4 is 5.32 Å². The highest BCUT2D eigenvalue weighted by molar-refractivity contribution is 5.72. The first-order valence-electron chi connectivity index (χ1n) is 5.62. The van der Waals surface area contributed by atoms with E-state index < -0.39 is 5.97 Å². The van der Waals surface area contributed by atoms with Crippen molar-refractivity contribution in [3.05, 3.63) is 30.1 Å². The van der Waals surface area contributed by atoms with E-state index in [0.717, 1.165) is 25.8 Å². The molecule has 16 heavy (non-hydrogen) atoms. The lowest BCUT2D eigenvalue weighted by molar-refractivity contribution is -0.146. The molecule has 1 aromatic heterocycles. The van der Waals surface area contributed by atoms with E-state index in [9.17, 15) is 4.79 Å². The summed E-state index contributed by atoms with van der Waals surface area (Å²) >= 11 is 0. The first-order chi connectivity index (χ1) is 7.77. The summed E-state index contributed by atoms with van der Waals surface area (Å²) in [5.41, 5.74) is 1.23. The van der Waals surface area contributed by atoms with Crippen molar-refractivity contribution in [2.24, 2.45) is 5.92 Å². The Morgan fingerprint density at radius 3 is 2.75 bits per heavy atom. The van der Waals surface area contributed by atoms with Crippen LogP contribution in [0.1, 0.15) is 18.4 Å². The van der Waals surface area contributed by atoms with E-state index in [-0.39, 0.29) is 12.0 Å². The summed E-state index contributed by atoms with van der Waals surface area (Å²) in [4.78, 5) is 14.7. The van der Waals surface area contributed by atoms with E-state index in [0.29, 0.717) is 0 Å². The number of aliphatic carboxylic acids is 1. The molecule has 0 amide bonds. The Hall–Kier alpha value is -1.42. The van der Waals surface area contributed by atoms with Gasteiger partial charge < -0.3 is 10.4 Å². The van der Waals surface area contributed by atoms with Gasteiger partial charge in [0.1, 0.15) is 0 Å². The number of nitrogens with one attached hydrogen (secondary N) is 1. The molecule has 2 unspecified atom stereocenters. The van der Waals surface area contributed by atoms with Crippen LogP contribution in [0.4, 0.5) is 0 Å². The molecular weight excluding hydrogens is 204 g/mol. The van der Waals surface area contributed by atoms with Gasteiger partial charge >= 0.3 is 5.97 Å². The van der Waals surface area contributed by atoms with Gasteiger partial charge in [-0.25, -0.2) is 0 Å². The lowest BCUT2D eigenvalue weighted by atomic mass is 9.79. The predicted molar refractivity (Wildman–Crippen MR) is 60.1 cm³/mol.